The molecule has 2 aromatic carbocycles. The number of hydrogen-bond donors (Lipinski definition) is 3. The van der Waals surface area contributed by atoms with E-state index in [4.69, 9.17) is 9.15 Å². The molecule has 0 saturated heterocycles. The Kier molecular flexibility index (Phi) is 7.07. The first kappa shape index (κ1) is 23.5. The Morgan fingerprint density at radius 3 is 2.45 bits per heavy atom. The molecule has 10 heteroatoms. The number of anilines is 1. The molecule has 0 atom stereocenters. The number of hydrogen-bond acceptors (Lipinski definition) is 6. The van der Waals surface area contributed by atoms with Crippen molar-refractivity contribution in [1.82, 2.24) is 15.6 Å². The standard InChI is InChI=1S/C23H23FN4O5/c1-23(2,12-26-20(29)14-4-6-15(24)7-5-14)28-22(31)21(30)27-16-8-9-17(18(10-16)32-3)19-11-25-13-33-19/h4-11,13H,12H2,1-3H3,(H,26,29)(H,27,30)(H,28,31). The van der Waals surface area contributed by atoms with Crippen LogP contribution in [0.2, 0.25) is 0 Å². The van der Waals surface area contributed by atoms with Gasteiger partial charge in [-0.05, 0) is 50.2 Å². The zero-order valence-corrected chi connectivity index (χ0v) is 18.3. The number of amides is 3. The van der Waals surface area contributed by atoms with Crippen molar-refractivity contribution in [2.24, 2.45) is 0 Å². The van der Waals surface area contributed by atoms with E-state index in [0.29, 0.717) is 22.8 Å². The SMILES string of the molecule is COc1cc(NC(=O)C(=O)NC(C)(C)CNC(=O)c2ccc(F)cc2)ccc1-c1cnco1. The van der Waals surface area contributed by atoms with Gasteiger partial charge in [-0.2, -0.15) is 0 Å². The normalized spacial score (nSPS) is 10.9. The second-order valence-corrected chi connectivity index (χ2v) is 7.76. The molecular weight excluding hydrogens is 431 g/mol. The third-order valence-corrected chi connectivity index (χ3v) is 4.61. The monoisotopic (exact) mass is 454 g/mol. The lowest BCUT2D eigenvalue weighted by atomic mass is 10.1. The van der Waals surface area contributed by atoms with Crippen LogP contribution in [0.25, 0.3) is 11.3 Å². The predicted octanol–water partition coefficient (Wildman–Crippen LogP) is 2.75. The zero-order valence-electron chi connectivity index (χ0n) is 18.3. The van der Waals surface area contributed by atoms with Crippen molar-refractivity contribution in [3.05, 3.63) is 66.4 Å². The smallest absolute Gasteiger partial charge is 0.313 e. The lowest BCUT2D eigenvalue weighted by Gasteiger charge is -2.26. The van der Waals surface area contributed by atoms with Crippen molar-refractivity contribution < 1.29 is 27.9 Å². The van der Waals surface area contributed by atoms with Gasteiger partial charge >= 0.3 is 11.8 Å². The quantitative estimate of drug-likeness (QED) is 0.472. The van der Waals surface area contributed by atoms with Crippen LogP contribution in [0.15, 0.2) is 59.5 Å². The topological polar surface area (TPSA) is 123 Å². The zero-order chi connectivity index (χ0) is 24.0. The summed E-state index contributed by atoms with van der Waals surface area (Å²) in [7, 11) is 1.47. The van der Waals surface area contributed by atoms with Crippen LogP contribution in [0.4, 0.5) is 10.1 Å². The van der Waals surface area contributed by atoms with Crippen LogP contribution in [-0.2, 0) is 9.59 Å². The maximum atomic E-state index is 13.0. The van der Waals surface area contributed by atoms with Crippen molar-refractivity contribution in [3.8, 4) is 17.1 Å². The molecule has 1 heterocycles. The second kappa shape index (κ2) is 9.94. The van der Waals surface area contributed by atoms with Crippen LogP contribution < -0.4 is 20.7 Å². The highest BCUT2D eigenvalue weighted by Gasteiger charge is 2.25. The highest BCUT2D eigenvalue weighted by molar-refractivity contribution is 6.39. The van der Waals surface area contributed by atoms with Gasteiger partial charge in [-0.3, -0.25) is 14.4 Å². The number of nitrogens with zero attached hydrogens (tertiary/aromatic N) is 1. The van der Waals surface area contributed by atoms with Gasteiger partial charge in [0, 0.05) is 23.9 Å². The minimum Gasteiger partial charge on any atom is -0.496 e. The minimum absolute atomic E-state index is 0.0436. The molecule has 0 unspecified atom stereocenters. The van der Waals surface area contributed by atoms with Crippen molar-refractivity contribution in [1.29, 1.82) is 0 Å². The Morgan fingerprint density at radius 1 is 1.09 bits per heavy atom. The number of oxazole rings is 1. The van der Waals surface area contributed by atoms with Crippen LogP contribution in [-0.4, -0.2) is 41.9 Å². The average Bonchev–Trinajstić information content (AvgIpc) is 3.32. The van der Waals surface area contributed by atoms with Crippen LogP contribution in [0.1, 0.15) is 24.2 Å². The van der Waals surface area contributed by atoms with Gasteiger partial charge in [0.1, 0.15) is 11.6 Å². The van der Waals surface area contributed by atoms with Gasteiger partial charge < -0.3 is 25.1 Å². The van der Waals surface area contributed by atoms with E-state index in [0.717, 1.165) is 0 Å². The minimum atomic E-state index is -0.933. The van der Waals surface area contributed by atoms with E-state index in [1.807, 2.05) is 0 Å². The number of carbonyl (C=O) groups excluding carboxylic acids is 3. The van der Waals surface area contributed by atoms with Gasteiger partial charge in [0.05, 0.1) is 24.4 Å². The molecule has 172 valence electrons. The number of aromatic nitrogens is 1. The fraction of sp³-hybridized carbons (Fsp3) is 0.217. The molecule has 0 aliphatic carbocycles. The molecule has 0 aliphatic heterocycles. The summed E-state index contributed by atoms with van der Waals surface area (Å²) in [6, 6.07) is 9.88. The van der Waals surface area contributed by atoms with E-state index < -0.39 is 29.1 Å². The van der Waals surface area contributed by atoms with Gasteiger partial charge in [0.2, 0.25) is 0 Å². The van der Waals surface area contributed by atoms with Crippen molar-refractivity contribution in [2.75, 3.05) is 19.0 Å². The number of nitrogens with one attached hydrogen (secondary N) is 3. The highest BCUT2D eigenvalue weighted by atomic mass is 19.1. The molecule has 0 bridgehead atoms. The Hall–Kier alpha value is -4.21. The third-order valence-electron chi connectivity index (χ3n) is 4.61. The number of ether oxygens (including phenoxy) is 1. The van der Waals surface area contributed by atoms with Crippen LogP contribution >= 0.6 is 0 Å². The van der Waals surface area contributed by atoms with Gasteiger partial charge in [-0.1, -0.05) is 0 Å². The molecule has 0 saturated carbocycles. The maximum absolute atomic E-state index is 13.0. The molecule has 33 heavy (non-hydrogen) atoms. The summed E-state index contributed by atoms with van der Waals surface area (Å²) in [5.74, 6) is -1.73. The number of carbonyl (C=O) groups is 3. The first-order valence-corrected chi connectivity index (χ1v) is 9.93. The van der Waals surface area contributed by atoms with Gasteiger partial charge in [0.15, 0.2) is 12.2 Å². The van der Waals surface area contributed by atoms with E-state index in [1.165, 1.54) is 44.0 Å². The Labute approximate surface area is 189 Å². The lowest BCUT2D eigenvalue weighted by Crippen LogP contribution is -2.54. The molecule has 9 nitrogen and oxygen atoms in total. The van der Waals surface area contributed by atoms with Crippen LogP contribution in [0.3, 0.4) is 0 Å². The maximum Gasteiger partial charge on any atom is 0.313 e. The van der Waals surface area contributed by atoms with Gasteiger partial charge in [-0.15, -0.1) is 0 Å². The summed E-state index contributed by atoms with van der Waals surface area (Å²) in [4.78, 5) is 40.8. The number of rotatable bonds is 7. The molecule has 0 radical (unpaired) electrons. The van der Waals surface area contributed by atoms with Crippen molar-refractivity contribution in [3.63, 3.8) is 0 Å². The van der Waals surface area contributed by atoms with Crippen LogP contribution in [0.5, 0.6) is 5.75 Å². The van der Waals surface area contributed by atoms with Gasteiger partial charge in [-0.25, -0.2) is 9.37 Å². The molecule has 0 spiro atoms. The van der Waals surface area contributed by atoms with E-state index in [-0.39, 0.29) is 12.1 Å². The molecule has 3 N–H and O–H groups in total. The lowest BCUT2D eigenvalue weighted by molar-refractivity contribution is -0.137. The van der Waals surface area contributed by atoms with Crippen molar-refractivity contribution >= 4 is 23.4 Å². The fourth-order valence-electron chi connectivity index (χ4n) is 2.92. The molecule has 0 fully saturated rings. The molecule has 3 aromatic rings. The first-order valence-electron chi connectivity index (χ1n) is 9.93. The molecule has 3 rings (SSSR count). The third kappa shape index (κ3) is 6.16. The van der Waals surface area contributed by atoms with Crippen LogP contribution in [0, 0.1) is 5.82 Å². The van der Waals surface area contributed by atoms with E-state index in [9.17, 15) is 18.8 Å². The fourth-order valence-corrected chi connectivity index (χ4v) is 2.92. The summed E-state index contributed by atoms with van der Waals surface area (Å²) in [5, 5.41) is 7.73. The van der Waals surface area contributed by atoms with E-state index in [2.05, 4.69) is 20.9 Å². The average molecular weight is 454 g/mol. The Bertz CT molecular complexity index is 1140. The predicted molar refractivity (Wildman–Crippen MR) is 118 cm³/mol. The first-order chi connectivity index (χ1) is 15.7. The summed E-state index contributed by atoms with van der Waals surface area (Å²) in [5.41, 5.74) is 0.324. The summed E-state index contributed by atoms with van der Waals surface area (Å²) in [6.07, 6.45) is 2.82. The largest absolute Gasteiger partial charge is 0.496 e. The number of halogens is 1. The highest BCUT2D eigenvalue weighted by Crippen LogP contribution is 2.32. The van der Waals surface area contributed by atoms with Crippen molar-refractivity contribution in [2.45, 2.75) is 19.4 Å². The molecular formula is C23H23FN4O5. The molecule has 1 aromatic heterocycles. The number of benzene rings is 2. The Morgan fingerprint density at radius 2 is 1.82 bits per heavy atom. The molecule has 3 amide bonds. The van der Waals surface area contributed by atoms with E-state index >= 15 is 0 Å². The van der Waals surface area contributed by atoms with Gasteiger partial charge in [0.25, 0.3) is 5.91 Å². The number of methoxy groups -OCH3 is 1. The summed E-state index contributed by atoms with van der Waals surface area (Å²) >= 11 is 0. The summed E-state index contributed by atoms with van der Waals surface area (Å²) in [6.45, 7) is 3.35. The molecule has 0 aliphatic rings. The Balaban J connectivity index is 1.57. The summed E-state index contributed by atoms with van der Waals surface area (Å²) < 4.78 is 23.6. The van der Waals surface area contributed by atoms with E-state index in [1.54, 1.807) is 32.0 Å². The second-order valence-electron chi connectivity index (χ2n) is 7.76.